The number of nitrogens with zero attached hydrogens (tertiary/aromatic N) is 4. The van der Waals surface area contributed by atoms with Crippen LogP contribution in [0.5, 0.6) is 11.6 Å². The molecule has 122 valence electrons. The van der Waals surface area contributed by atoms with Crippen molar-refractivity contribution < 1.29 is 17.9 Å². The van der Waals surface area contributed by atoms with Gasteiger partial charge in [-0.05, 0) is 24.3 Å². The van der Waals surface area contributed by atoms with Crippen molar-refractivity contribution in [3.05, 3.63) is 59.8 Å². The summed E-state index contributed by atoms with van der Waals surface area (Å²) in [6, 6.07) is 6.76. The minimum Gasteiger partial charge on any atom is -0.437 e. The molecule has 0 amide bonds. The first kappa shape index (κ1) is 16.1. The van der Waals surface area contributed by atoms with Crippen LogP contribution in [-0.2, 0) is 6.18 Å². The van der Waals surface area contributed by atoms with E-state index in [0.717, 1.165) is 0 Å². The predicted octanol–water partition coefficient (Wildman–Crippen LogP) is 4.40. The second-order valence-electron chi connectivity index (χ2n) is 4.57. The lowest BCUT2D eigenvalue weighted by molar-refractivity contribution is -0.141. The lowest BCUT2D eigenvalue weighted by Gasteiger charge is -2.11. The Morgan fingerprint density at radius 1 is 1.04 bits per heavy atom. The molecular formula is C15H8ClF3N4O. The van der Waals surface area contributed by atoms with Crippen LogP contribution in [-0.4, -0.2) is 19.9 Å². The van der Waals surface area contributed by atoms with Crippen LogP contribution >= 0.6 is 11.6 Å². The number of hydrogen-bond acceptors (Lipinski definition) is 5. The van der Waals surface area contributed by atoms with Crippen LogP contribution in [0.2, 0.25) is 5.15 Å². The molecule has 0 spiro atoms. The fourth-order valence-electron chi connectivity index (χ4n) is 1.79. The Kier molecular flexibility index (Phi) is 4.30. The van der Waals surface area contributed by atoms with E-state index in [-0.39, 0.29) is 22.6 Å². The summed E-state index contributed by atoms with van der Waals surface area (Å²) in [5.74, 6) is -0.210. The summed E-state index contributed by atoms with van der Waals surface area (Å²) in [6.45, 7) is 0. The fraction of sp³-hybridized carbons (Fsp3) is 0.0667. The topological polar surface area (TPSA) is 60.8 Å². The van der Waals surface area contributed by atoms with E-state index < -0.39 is 11.9 Å². The van der Waals surface area contributed by atoms with E-state index in [1.807, 2.05) is 0 Å². The Hall–Kier alpha value is -2.74. The van der Waals surface area contributed by atoms with Crippen molar-refractivity contribution in [1.82, 2.24) is 19.9 Å². The molecule has 5 nitrogen and oxygen atoms in total. The highest BCUT2D eigenvalue weighted by molar-refractivity contribution is 6.29. The number of halogens is 4. The van der Waals surface area contributed by atoms with Gasteiger partial charge in [-0.3, -0.25) is 4.98 Å². The summed E-state index contributed by atoms with van der Waals surface area (Å²) >= 11 is 5.66. The van der Waals surface area contributed by atoms with Crippen molar-refractivity contribution >= 4 is 11.6 Å². The first-order valence-electron chi connectivity index (χ1n) is 6.58. The molecule has 3 heterocycles. The lowest BCUT2D eigenvalue weighted by atomic mass is 10.2. The summed E-state index contributed by atoms with van der Waals surface area (Å²) < 4.78 is 44.5. The SMILES string of the molecule is FC(F)(F)c1cc(Oc2ccc(Cl)nc2)nc(-c2cccnc2)n1. The Balaban J connectivity index is 2.03. The van der Waals surface area contributed by atoms with Crippen LogP contribution in [0, 0.1) is 0 Å². The van der Waals surface area contributed by atoms with E-state index in [0.29, 0.717) is 11.6 Å². The average Bonchev–Trinajstić information content (AvgIpc) is 2.57. The monoisotopic (exact) mass is 352 g/mol. The summed E-state index contributed by atoms with van der Waals surface area (Å²) in [6.07, 6.45) is -0.505. The third kappa shape index (κ3) is 3.77. The Morgan fingerprint density at radius 3 is 2.50 bits per heavy atom. The van der Waals surface area contributed by atoms with E-state index in [1.54, 1.807) is 12.1 Å². The van der Waals surface area contributed by atoms with Crippen molar-refractivity contribution in [2.75, 3.05) is 0 Å². The number of alkyl halides is 3. The van der Waals surface area contributed by atoms with Crippen molar-refractivity contribution in [2.45, 2.75) is 6.18 Å². The van der Waals surface area contributed by atoms with Crippen molar-refractivity contribution in [3.63, 3.8) is 0 Å². The summed E-state index contributed by atoms with van der Waals surface area (Å²) in [7, 11) is 0. The van der Waals surface area contributed by atoms with E-state index in [1.165, 1.54) is 30.7 Å². The van der Waals surface area contributed by atoms with Crippen molar-refractivity contribution in [1.29, 1.82) is 0 Å². The van der Waals surface area contributed by atoms with Crippen LogP contribution < -0.4 is 4.74 Å². The molecule has 9 heteroatoms. The number of rotatable bonds is 3. The highest BCUT2D eigenvalue weighted by Gasteiger charge is 2.34. The molecule has 0 radical (unpaired) electrons. The third-order valence-corrected chi connectivity index (χ3v) is 3.06. The highest BCUT2D eigenvalue weighted by Crippen LogP contribution is 2.32. The van der Waals surface area contributed by atoms with Gasteiger partial charge in [-0.2, -0.15) is 18.2 Å². The third-order valence-electron chi connectivity index (χ3n) is 2.84. The van der Waals surface area contributed by atoms with Gasteiger partial charge in [0.15, 0.2) is 11.5 Å². The molecule has 0 aliphatic heterocycles. The van der Waals surface area contributed by atoms with Gasteiger partial charge in [0.25, 0.3) is 0 Å². The number of ether oxygens (including phenoxy) is 1. The Labute approximate surface area is 139 Å². The van der Waals surface area contributed by atoms with Gasteiger partial charge in [0, 0.05) is 24.0 Å². The first-order chi connectivity index (χ1) is 11.4. The molecule has 0 atom stereocenters. The molecule has 0 fully saturated rings. The predicted molar refractivity (Wildman–Crippen MR) is 79.6 cm³/mol. The van der Waals surface area contributed by atoms with Crippen LogP contribution in [0.15, 0.2) is 48.9 Å². The minimum atomic E-state index is -4.64. The van der Waals surface area contributed by atoms with Gasteiger partial charge in [-0.1, -0.05) is 11.6 Å². The second kappa shape index (κ2) is 6.40. The van der Waals surface area contributed by atoms with Crippen LogP contribution in [0.4, 0.5) is 13.2 Å². The molecule has 0 aromatic carbocycles. The maximum Gasteiger partial charge on any atom is 0.433 e. The largest absolute Gasteiger partial charge is 0.437 e. The van der Waals surface area contributed by atoms with Gasteiger partial charge >= 0.3 is 6.18 Å². The highest BCUT2D eigenvalue weighted by atomic mass is 35.5. The van der Waals surface area contributed by atoms with Gasteiger partial charge in [0.2, 0.25) is 5.88 Å². The Bertz CT molecular complexity index is 842. The molecule has 0 aliphatic rings. The van der Waals surface area contributed by atoms with Crippen LogP contribution in [0.25, 0.3) is 11.4 Å². The number of pyridine rings is 2. The van der Waals surface area contributed by atoms with Crippen LogP contribution in [0.1, 0.15) is 5.69 Å². The maximum absolute atomic E-state index is 13.1. The molecule has 24 heavy (non-hydrogen) atoms. The van der Waals surface area contributed by atoms with Crippen molar-refractivity contribution in [3.8, 4) is 23.0 Å². The fourth-order valence-corrected chi connectivity index (χ4v) is 1.90. The van der Waals surface area contributed by atoms with Crippen molar-refractivity contribution in [2.24, 2.45) is 0 Å². The van der Waals surface area contributed by atoms with Gasteiger partial charge < -0.3 is 4.74 Å². The van der Waals surface area contributed by atoms with E-state index in [4.69, 9.17) is 16.3 Å². The minimum absolute atomic E-state index is 0.144. The quantitative estimate of drug-likeness (QED) is 0.654. The molecule has 0 unspecified atom stereocenters. The zero-order valence-electron chi connectivity index (χ0n) is 11.8. The molecule has 0 saturated carbocycles. The lowest BCUT2D eigenvalue weighted by Crippen LogP contribution is -2.10. The molecule has 0 bridgehead atoms. The van der Waals surface area contributed by atoms with Gasteiger partial charge in [-0.15, -0.1) is 0 Å². The zero-order chi connectivity index (χ0) is 17.2. The normalized spacial score (nSPS) is 11.3. The number of hydrogen-bond donors (Lipinski definition) is 0. The number of aromatic nitrogens is 4. The molecular weight excluding hydrogens is 345 g/mol. The molecule has 0 N–H and O–H groups in total. The van der Waals surface area contributed by atoms with E-state index in [2.05, 4.69) is 19.9 Å². The average molecular weight is 353 g/mol. The summed E-state index contributed by atoms with van der Waals surface area (Å²) in [4.78, 5) is 15.2. The molecule has 3 rings (SSSR count). The second-order valence-corrected chi connectivity index (χ2v) is 4.96. The molecule has 3 aromatic rings. The first-order valence-corrected chi connectivity index (χ1v) is 6.96. The van der Waals surface area contributed by atoms with Crippen LogP contribution in [0.3, 0.4) is 0 Å². The summed E-state index contributed by atoms with van der Waals surface area (Å²) in [5, 5.41) is 0.233. The van der Waals surface area contributed by atoms with Gasteiger partial charge in [0.05, 0.1) is 6.20 Å². The van der Waals surface area contributed by atoms with E-state index in [9.17, 15) is 13.2 Å². The Morgan fingerprint density at radius 2 is 1.88 bits per heavy atom. The molecule has 0 aliphatic carbocycles. The standard InChI is InChI=1S/C15H8ClF3N4O/c16-12-4-3-10(8-21-12)24-13-6-11(15(17,18)19)22-14(23-13)9-2-1-5-20-7-9/h1-8H. The van der Waals surface area contributed by atoms with Gasteiger partial charge in [-0.25, -0.2) is 9.97 Å². The maximum atomic E-state index is 13.1. The smallest absolute Gasteiger partial charge is 0.433 e. The van der Waals surface area contributed by atoms with E-state index >= 15 is 0 Å². The van der Waals surface area contributed by atoms with Gasteiger partial charge in [0.1, 0.15) is 10.9 Å². The molecule has 0 saturated heterocycles. The zero-order valence-corrected chi connectivity index (χ0v) is 12.6. The summed E-state index contributed by atoms with van der Waals surface area (Å²) in [5.41, 5.74) is -0.782. The molecule has 3 aromatic heterocycles.